The molecule has 6 heteroatoms. The van der Waals surface area contributed by atoms with Gasteiger partial charge >= 0.3 is 0 Å². The van der Waals surface area contributed by atoms with E-state index in [2.05, 4.69) is 4.90 Å². The summed E-state index contributed by atoms with van der Waals surface area (Å²) in [6.45, 7) is 1.86. The number of likely N-dealkylation sites (N-methyl/N-ethyl adjacent to an activating group) is 1. The molecule has 0 aromatic heterocycles. The summed E-state index contributed by atoms with van der Waals surface area (Å²) in [5, 5.41) is 0.985. The van der Waals surface area contributed by atoms with Gasteiger partial charge in [-0.3, -0.25) is 4.79 Å². The van der Waals surface area contributed by atoms with E-state index < -0.39 is 0 Å². The summed E-state index contributed by atoms with van der Waals surface area (Å²) >= 11 is 11.9. The van der Waals surface area contributed by atoms with Crippen LogP contribution < -0.4 is 9.47 Å². The molecule has 0 fully saturated rings. The molecule has 0 radical (unpaired) electrons. The molecular formula is C21H21Cl2NO3. The number of hydrogen-bond acceptors (Lipinski definition) is 4. The first-order valence-electron chi connectivity index (χ1n) is 8.74. The number of carbonyl (C=O) groups excluding carboxylic acids is 1. The van der Waals surface area contributed by atoms with Gasteiger partial charge in [-0.1, -0.05) is 41.4 Å². The number of ketones is 1. The van der Waals surface area contributed by atoms with Gasteiger partial charge in [-0.2, -0.15) is 0 Å². The topological polar surface area (TPSA) is 38.8 Å². The molecule has 2 aromatic carbocycles. The highest BCUT2D eigenvalue weighted by Crippen LogP contribution is 2.32. The van der Waals surface area contributed by atoms with Crippen molar-refractivity contribution in [1.29, 1.82) is 0 Å². The number of nitrogens with zero attached hydrogens (tertiary/aromatic N) is 1. The first-order valence-corrected chi connectivity index (χ1v) is 9.50. The molecule has 0 unspecified atom stereocenters. The second kappa shape index (κ2) is 9.27. The number of hydrogen-bond donors (Lipinski definition) is 0. The van der Waals surface area contributed by atoms with Gasteiger partial charge in [0.2, 0.25) is 6.79 Å². The molecule has 1 aliphatic heterocycles. The van der Waals surface area contributed by atoms with Gasteiger partial charge in [0.1, 0.15) is 0 Å². The van der Waals surface area contributed by atoms with E-state index in [0.717, 1.165) is 30.0 Å². The number of allylic oxidation sites excluding steroid dienone is 1. The predicted octanol–water partition coefficient (Wildman–Crippen LogP) is 4.87. The Labute approximate surface area is 169 Å². The maximum atomic E-state index is 12.1. The van der Waals surface area contributed by atoms with Gasteiger partial charge in [-0.25, -0.2) is 0 Å². The number of benzene rings is 2. The summed E-state index contributed by atoms with van der Waals surface area (Å²) in [6, 6.07) is 11.3. The quantitative estimate of drug-likeness (QED) is 0.587. The van der Waals surface area contributed by atoms with Gasteiger partial charge in [0.25, 0.3) is 0 Å². The fourth-order valence-corrected chi connectivity index (χ4v) is 3.02. The lowest BCUT2D eigenvalue weighted by Gasteiger charge is -2.15. The highest BCUT2D eigenvalue weighted by molar-refractivity contribution is 6.42. The van der Waals surface area contributed by atoms with Crippen molar-refractivity contribution in [3.05, 3.63) is 63.6 Å². The number of halogens is 2. The molecule has 0 atom stereocenters. The van der Waals surface area contributed by atoms with Crippen LogP contribution in [0.1, 0.15) is 17.5 Å². The van der Waals surface area contributed by atoms with Gasteiger partial charge < -0.3 is 14.4 Å². The molecule has 0 saturated carbocycles. The van der Waals surface area contributed by atoms with Crippen LogP contribution in [-0.2, 0) is 11.2 Å². The van der Waals surface area contributed by atoms with Crippen LogP contribution in [0.15, 0.2) is 42.5 Å². The third kappa shape index (κ3) is 5.73. The average molecular weight is 406 g/mol. The minimum absolute atomic E-state index is 0.0796. The molecule has 3 rings (SSSR count). The standard InChI is InChI=1S/C21H21Cl2NO3/c1-24(10-8-16-4-7-20-21(13-16)27-14-26-20)11-9-17(25)5-2-15-3-6-18(22)19(23)12-15/h2-7,12-13H,8-11,14H2,1H3/b5-2-. The van der Waals surface area contributed by atoms with Crippen molar-refractivity contribution in [3.63, 3.8) is 0 Å². The van der Waals surface area contributed by atoms with Gasteiger partial charge in [0.05, 0.1) is 10.0 Å². The first kappa shape index (κ1) is 19.7. The Balaban J connectivity index is 1.41. The molecule has 0 N–H and O–H groups in total. The minimum atomic E-state index is 0.0796. The molecule has 2 aromatic rings. The summed E-state index contributed by atoms with van der Waals surface area (Å²) in [7, 11) is 2.02. The Hall–Kier alpha value is -2.01. The zero-order valence-electron chi connectivity index (χ0n) is 15.1. The van der Waals surface area contributed by atoms with E-state index in [1.807, 2.05) is 31.3 Å². The van der Waals surface area contributed by atoms with E-state index in [-0.39, 0.29) is 12.6 Å². The third-order valence-electron chi connectivity index (χ3n) is 4.36. The molecule has 0 aliphatic carbocycles. The van der Waals surface area contributed by atoms with Crippen molar-refractivity contribution in [2.24, 2.45) is 0 Å². The molecule has 1 heterocycles. The highest BCUT2D eigenvalue weighted by Gasteiger charge is 2.13. The molecule has 0 amide bonds. The second-order valence-electron chi connectivity index (χ2n) is 6.46. The van der Waals surface area contributed by atoms with Crippen LogP contribution in [0.4, 0.5) is 0 Å². The van der Waals surface area contributed by atoms with Gasteiger partial charge in [-0.15, -0.1) is 0 Å². The van der Waals surface area contributed by atoms with Crippen LogP contribution in [0, 0.1) is 0 Å². The fraction of sp³-hybridized carbons (Fsp3) is 0.286. The largest absolute Gasteiger partial charge is 0.454 e. The Kier molecular flexibility index (Phi) is 6.78. The normalized spacial score (nSPS) is 12.9. The number of carbonyl (C=O) groups is 1. The number of rotatable bonds is 8. The summed E-state index contributed by atoms with van der Waals surface area (Å²) in [4.78, 5) is 14.2. The zero-order valence-corrected chi connectivity index (χ0v) is 16.6. The Morgan fingerprint density at radius 2 is 1.89 bits per heavy atom. The molecular weight excluding hydrogens is 385 g/mol. The first-order chi connectivity index (χ1) is 13.0. The van der Waals surface area contributed by atoms with E-state index in [1.54, 1.807) is 24.3 Å². The SMILES string of the molecule is CN(CCC(=O)/C=C\c1ccc(Cl)c(Cl)c1)CCc1ccc2c(c1)OCO2. The van der Waals surface area contributed by atoms with Crippen molar-refractivity contribution in [3.8, 4) is 11.5 Å². The van der Waals surface area contributed by atoms with Crippen LogP contribution in [0.5, 0.6) is 11.5 Å². The number of fused-ring (bicyclic) bond motifs is 1. The zero-order chi connectivity index (χ0) is 19.2. The maximum absolute atomic E-state index is 12.1. The average Bonchev–Trinajstić information content (AvgIpc) is 3.13. The van der Waals surface area contributed by atoms with Crippen LogP contribution in [0.25, 0.3) is 6.08 Å². The summed E-state index contributed by atoms with van der Waals surface area (Å²) in [6.07, 6.45) is 4.71. The fourth-order valence-electron chi connectivity index (χ4n) is 2.72. The van der Waals surface area contributed by atoms with E-state index in [9.17, 15) is 4.79 Å². The molecule has 0 spiro atoms. The van der Waals surface area contributed by atoms with Crippen molar-refractivity contribution in [2.75, 3.05) is 26.9 Å². The monoisotopic (exact) mass is 405 g/mol. The van der Waals surface area contributed by atoms with Crippen LogP contribution >= 0.6 is 23.2 Å². The van der Waals surface area contributed by atoms with Gasteiger partial charge in [-0.05, 0) is 54.9 Å². The molecule has 142 valence electrons. The van der Waals surface area contributed by atoms with E-state index >= 15 is 0 Å². The van der Waals surface area contributed by atoms with Crippen molar-refractivity contribution >= 4 is 35.1 Å². The molecule has 27 heavy (non-hydrogen) atoms. The van der Waals surface area contributed by atoms with Crippen molar-refractivity contribution < 1.29 is 14.3 Å². The van der Waals surface area contributed by atoms with Crippen molar-refractivity contribution in [2.45, 2.75) is 12.8 Å². The maximum Gasteiger partial charge on any atom is 0.231 e. The van der Waals surface area contributed by atoms with Crippen LogP contribution in [-0.4, -0.2) is 37.6 Å². The lowest BCUT2D eigenvalue weighted by atomic mass is 10.1. The number of ether oxygens (including phenoxy) is 2. The van der Waals surface area contributed by atoms with Gasteiger partial charge in [0, 0.05) is 19.5 Å². The van der Waals surface area contributed by atoms with Crippen LogP contribution in [0.2, 0.25) is 10.0 Å². The lowest BCUT2D eigenvalue weighted by Crippen LogP contribution is -2.24. The molecule has 1 aliphatic rings. The van der Waals surface area contributed by atoms with E-state index in [1.165, 1.54) is 5.56 Å². The van der Waals surface area contributed by atoms with Crippen LogP contribution in [0.3, 0.4) is 0 Å². The Bertz CT molecular complexity index is 851. The summed E-state index contributed by atoms with van der Waals surface area (Å²) in [5.74, 6) is 1.68. The predicted molar refractivity (Wildman–Crippen MR) is 109 cm³/mol. The minimum Gasteiger partial charge on any atom is -0.454 e. The Morgan fingerprint density at radius 1 is 1.07 bits per heavy atom. The lowest BCUT2D eigenvalue weighted by molar-refractivity contribution is -0.114. The van der Waals surface area contributed by atoms with E-state index in [0.29, 0.717) is 23.0 Å². The van der Waals surface area contributed by atoms with E-state index in [4.69, 9.17) is 32.7 Å². The Morgan fingerprint density at radius 3 is 2.70 bits per heavy atom. The molecule has 0 bridgehead atoms. The smallest absolute Gasteiger partial charge is 0.231 e. The summed E-state index contributed by atoms with van der Waals surface area (Å²) < 4.78 is 10.7. The summed E-state index contributed by atoms with van der Waals surface area (Å²) in [5.41, 5.74) is 2.05. The molecule has 0 saturated heterocycles. The second-order valence-corrected chi connectivity index (χ2v) is 7.28. The van der Waals surface area contributed by atoms with Gasteiger partial charge in [0.15, 0.2) is 17.3 Å². The molecule has 4 nitrogen and oxygen atoms in total. The third-order valence-corrected chi connectivity index (χ3v) is 5.10. The highest BCUT2D eigenvalue weighted by atomic mass is 35.5. The van der Waals surface area contributed by atoms with Crippen molar-refractivity contribution in [1.82, 2.24) is 4.90 Å².